The van der Waals surface area contributed by atoms with Crippen molar-refractivity contribution in [2.75, 3.05) is 20.8 Å². The van der Waals surface area contributed by atoms with Gasteiger partial charge in [-0.3, -0.25) is 9.78 Å². The van der Waals surface area contributed by atoms with Crippen LogP contribution in [0.2, 0.25) is 0 Å². The van der Waals surface area contributed by atoms with E-state index in [1.54, 1.807) is 48.8 Å². The summed E-state index contributed by atoms with van der Waals surface area (Å²) < 4.78 is 38.4. The average molecular weight is 469 g/mol. The van der Waals surface area contributed by atoms with E-state index in [9.17, 15) is 13.2 Å². The zero-order valence-electron chi connectivity index (χ0n) is 18.2. The molecule has 0 atom stereocenters. The van der Waals surface area contributed by atoms with E-state index in [2.05, 4.69) is 15.5 Å². The summed E-state index contributed by atoms with van der Waals surface area (Å²) >= 11 is 0. The van der Waals surface area contributed by atoms with Crippen LogP contribution < -0.4 is 14.9 Å². The second-order valence-corrected chi connectivity index (χ2v) is 8.79. The quantitative estimate of drug-likeness (QED) is 0.362. The van der Waals surface area contributed by atoms with Crippen LogP contribution in [0.1, 0.15) is 11.1 Å². The summed E-state index contributed by atoms with van der Waals surface area (Å²) in [5.41, 5.74) is 3.84. The van der Waals surface area contributed by atoms with Gasteiger partial charge in [0.15, 0.2) is 11.5 Å². The van der Waals surface area contributed by atoms with Gasteiger partial charge in [-0.25, -0.2) is 13.8 Å². The van der Waals surface area contributed by atoms with Crippen molar-refractivity contribution >= 4 is 22.1 Å². The normalized spacial score (nSPS) is 11.5. The zero-order chi connectivity index (χ0) is 23.7. The van der Waals surface area contributed by atoms with Gasteiger partial charge in [0.2, 0.25) is 10.0 Å². The Bertz CT molecular complexity index is 1200. The van der Waals surface area contributed by atoms with Crippen molar-refractivity contribution in [3.05, 3.63) is 84.2 Å². The van der Waals surface area contributed by atoms with E-state index in [0.717, 1.165) is 15.4 Å². The number of amides is 1. The van der Waals surface area contributed by atoms with Gasteiger partial charge in [-0.2, -0.15) is 9.41 Å². The number of ether oxygens (including phenoxy) is 2. The Balaban J connectivity index is 1.84. The van der Waals surface area contributed by atoms with Gasteiger partial charge in [0.05, 0.1) is 31.9 Å². The topological polar surface area (TPSA) is 110 Å². The summed E-state index contributed by atoms with van der Waals surface area (Å²) in [5, 5.41) is 3.90. The predicted octanol–water partition coefficient (Wildman–Crippen LogP) is 2.44. The molecule has 0 bridgehead atoms. The molecule has 1 amide bonds. The fourth-order valence-electron chi connectivity index (χ4n) is 2.96. The second-order valence-electron chi connectivity index (χ2n) is 6.85. The minimum atomic E-state index is -4.05. The molecule has 0 aliphatic carbocycles. The Kier molecular flexibility index (Phi) is 8.11. The van der Waals surface area contributed by atoms with Gasteiger partial charge < -0.3 is 9.47 Å². The number of sulfonamides is 1. The predicted molar refractivity (Wildman–Crippen MR) is 124 cm³/mol. The fourth-order valence-corrected chi connectivity index (χ4v) is 4.36. The lowest BCUT2D eigenvalue weighted by Gasteiger charge is -2.22. The van der Waals surface area contributed by atoms with E-state index in [0.29, 0.717) is 5.75 Å². The third-order valence-electron chi connectivity index (χ3n) is 4.62. The minimum Gasteiger partial charge on any atom is -0.493 e. The SMILES string of the molecule is COc1ccc(S(=O)(=O)N(CC(=O)N/N=C\c2ccncc2)Cc2ccccc2)cc1OC. The van der Waals surface area contributed by atoms with Crippen molar-refractivity contribution in [1.82, 2.24) is 14.7 Å². The Hall–Kier alpha value is -3.76. The Labute approximate surface area is 192 Å². The van der Waals surface area contributed by atoms with Gasteiger partial charge in [0.25, 0.3) is 5.91 Å². The molecule has 1 N–H and O–H groups in total. The number of carbonyl (C=O) groups is 1. The first-order valence-electron chi connectivity index (χ1n) is 9.92. The maximum absolute atomic E-state index is 13.4. The first kappa shape index (κ1) is 23.9. The van der Waals surface area contributed by atoms with Crippen molar-refractivity contribution < 1.29 is 22.7 Å². The first-order chi connectivity index (χ1) is 15.9. The molecule has 172 valence electrons. The molecule has 3 rings (SSSR count). The van der Waals surface area contributed by atoms with Gasteiger partial charge in [0, 0.05) is 25.0 Å². The van der Waals surface area contributed by atoms with Gasteiger partial charge in [-0.15, -0.1) is 0 Å². The van der Waals surface area contributed by atoms with Crippen molar-refractivity contribution in [2.24, 2.45) is 5.10 Å². The minimum absolute atomic E-state index is 0.000985. The Morgan fingerprint density at radius 2 is 1.73 bits per heavy atom. The number of nitrogens with zero attached hydrogens (tertiary/aromatic N) is 3. The molecule has 33 heavy (non-hydrogen) atoms. The summed E-state index contributed by atoms with van der Waals surface area (Å²) in [6.45, 7) is -0.432. The van der Waals surface area contributed by atoms with Crippen LogP contribution in [0.25, 0.3) is 0 Å². The van der Waals surface area contributed by atoms with E-state index in [1.807, 2.05) is 6.07 Å². The van der Waals surface area contributed by atoms with E-state index in [4.69, 9.17) is 9.47 Å². The Morgan fingerprint density at radius 1 is 1.03 bits per heavy atom. The maximum atomic E-state index is 13.4. The first-order valence-corrected chi connectivity index (χ1v) is 11.4. The monoisotopic (exact) mass is 468 g/mol. The highest BCUT2D eigenvalue weighted by atomic mass is 32.2. The molecule has 1 heterocycles. The van der Waals surface area contributed by atoms with Crippen LogP contribution in [-0.4, -0.2) is 50.6 Å². The van der Waals surface area contributed by atoms with Crippen LogP contribution in [0.15, 0.2) is 83.1 Å². The smallest absolute Gasteiger partial charge is 0.255 e. The van der Waals surface area contributed by atoms with Crippen LogP contribution in [0.4, 0.5) is 0 Å². The van der Waals surface area contributed by atoms with Crippen LogP contribution in [0, 0.1) is 0 Å². The number of hydrazone groups is 1. The van der Waals surface area contributed by atoms with Gasteiger partial charge in [0.1, 0.15) is 0 Å². The molecule has 1 aromatic heterocycles. The van der Waals surface area contributed by atoms with Crippen molar-refractivity contribution in [3.63, 3.8) is 0 Å². The number of pyridine rings is 1. The molecule has 0 radical (unpaired) electrons. The lowest BCUT2D eigenvalue weighted by atomic mass is 10.2. The van der Waals surface area contributed by atoms with Crippen molar-refractivity contribution in [2.45, 2.75) is 11.4 Å². The van der Waals surface area contributed by atoms with Crippen molar-refractivity contribution in [3.8, 4) is 11.5 Å². The highest BCUT2D eigenvalue weighted by Gasteiger charge is 2.28. The Morgan fingerprint density at radius 3 is 2.39 bits per heavy atom. The summed E-state index contributed by atoms with van der Waals surface area (Å²) in [5.74, 6) is 0.0826. The van der Waals surface area contributed by atoms with E-state index in [1.165, 1.54) is 38.6 Å². The molecule has 0 saturated heterocycles. The summed E-state index contributed by atoms with van der Waals surface area (Å²) in [6, 6.07) is 16.7. The average Bonchev–Trinajstić information content (AvgIpc) is 2.84. The fraction of sp³-hybridized carbons (Fsp3) is 0.174. The van der Waals surface area contributed by atoms with Crippen molar-refractivity contribution in [1.29, 1.82) is 0 Å². The lowest BCUT2D eigenvalue weighted by Crippen LogP contribution is -2.39. The number of benzene rings is 2. The standard InChI is InChI=1S/C23H24N4O5S/c1-31-21-9-8-20(14-22(21)32-2)33(29,30)27(16-19-6-4-3-5-7-19)17-23(28)26-25-15-18-10-12-24-13-11-18/h3-15H,16-17H2,1-2H3,(H,26,28)/b25-15-. The molecule has 2 aromatic carbocycles. The number of methoxy groups -OCH3 is 2. The zero-order valence-corrected chi connectivity index (χ0v) is 19.0. The molecule has 0 unspecified atom stereocenters. The van der Waals surface area contributed by atoms with Crippen LogP contribution in [0.5, 0.6) is 11.5 Å². The summed E-state index contributed by atoms with van der Waals surface area (Å²) in [6.07, 6.45) is 4.64. The number of aromatic nitrogens is 1. The maximum Gasteiger partial charge on any atom is 0.255 e. The summed E-state index contributed by atoms with van der Waals surface area (Å²) in [7, 11) is -1.17. The molecule has 0 saturated carbocycles. The van der Waals surface area contributed by atoms with E-state index >= 15 is 0 Å². The molecule has 0 spiro atoms. The van der Waals surface area contributed by atoms with Gasteiger partial charge >= 0.3 is 0 Å². The second kappa shape index (κ2) is 11.2. The number of nitrogens with one attached hydrogen (secondary N) is 1. The number of hydrogen-bond donors (Lipinski definition) is 1. The highest BCUT2D eigenvalue weighted by molar-refractivity contribution is 7.89. The molecule has 10 heteroatoms. The number of carbonyl (C=O) groups excluding carboxylic acids is 1. The molecular weight excluding hydrogens is 444 g/mol. The lowest BCUT2D eigenvalue weighted by molar-refractivity contribution is -0.121. The third kappa shape index (κ3) is 6.37. The highest BCUT2D eigenvalue weighted by Crippen LogP contribution is 2.31. The van der Waals surface area contributed by atoms with Crippen LogP contribution in [-0.2, 0) is 21.4 Å². The van der Waals surface area contributed by atoms with Crippen LogP contribution >= 0.6 is 0 Å². The molecule has 9 nitrogen and oxygen atoms in total. The largest absolute Gasteiger partial charge is 0.493 e. The molecule has 0 fully saturated rings. The van der Waals surface area contributed by atoms with Crippen LogP contribution in [0.3, 0.4) is 0 Å². The summed E-state index contributed by atoms with van der Waals surface area (Å²) in [4.78, 5) is 16.4. The molecule has 0 aliphatic rings. The molecular formula is C23H24N4O5S. The third-order valence-corrected chi connectivity index (χ3v) is 6.41. The van der Waals surface area contributed by atoms with Gasteiger partial charge in [-0.05, 0) is 35.4 Å². The molecule has 0 aliphatic heterocycles. The molecule has 3 aromatic rings. The van der Waals surface area contributed by atoms with E-state index in [-0.39, 0.29) is 17.2 Å². The van der Waals surface area contributed by atoms with Gasteiger partial charge in [-0.1, -0.05) is 30.3 Å². The number of rotatable bonds is 10. The van der Waals surface area contributed by atoms with E-state index < -0.39 is 22.5 Å². The number of hydrogen-bond acceptors (Lipinski definition) is 7.